The number of benzene rings is 2. The number of thioether (sulfide) groups is 1. The van der Waals surface area contributed by atoms with Gasteiger partial charge >= 0.3 is 5.97 Å². The number of carboxylic acid groups (broad SMARTS) is 1. The van der Waals surface area contributed by atoms with Crippen LogP contribution in [0.1, 0.15) is 22.7 Å². The number of primary amides is 1. The third-order valence-corrected chi connectivity index (χ3v) is 7.40. The molecule has 0 spiro atoms. The van der Waals surface area contributed by atoms with E-state index in [1.807, 2.05) is 47.1 Å². The lowest BCUT2D eigenvalue weighted by Gasteiger charge is -2.37. The quantitative estimate of drug-likeness (QED) is 0.430. The van der Waals surface area contributed by atoms with E-state index in [-0.39, 0.29) is 35.2 Å². The molecule has 0 bridgehead atoms. The van der Waals surface area contributed by atoms with Crippen molar-refractivity contribution in [1.29, 1.82) is 0 Å². The van der Waals surface area contributed by atoms with Crippen molar-refractivity contribution in [1.82, 2.24) is 9.47 Å². The van der Waals surface area contributed by atoms with Gasteiger partial charge in [-0.15, -0.1) is 0 Å². The first-order valence-corrected chi connectivity index (χ1v) is 12.4. The summed E-state index contributed by atoms with van der Waals surface area (Å²) in [6.07, 6.45) is 0.250. The highest BCUT2D eigenvalue weighted by molar-refractivity contribution is 8.00. The minimum atomic E-state index is -1.30. The topological polar surface area (TPSA) is 138 Å². The number of carbonyl (C=O) groups excluding carboxylic acids is 2. The lowest BCUT2D eigenvalue weighted by atomic mass is 10.1. The Morgan fingerprint density at radius 3 is 2.43 bits per heavy atom. The van der Waals surface area contributed by atoms with Gasteiger partial charge in [-0.25, -0.2) is 9.18 Å². The van der Waals surface area contributed by atoms with Crippen molar-refractivity contribution in [3.8, 4) is 0 Å². The van der Waals surface area contributed by atoms with Gasteiger partial charge in [-0.2, -0.15) is 0 Å². The highest BCUT2D eigenvalue weighted by Crippen LogP contribution is 2.46. The number of carbonyl (C=O) groups is 3. The van der Waals surface area contributed by atoms with Crippen LogP contribution in [0.4, 0.5) is 15.8 Å². The molecule has 2 amide bonds. The summed E-state index contributed by atoms with van der Waals surface area (Å²) in [6, 6.07) is 12.1. The zero-order valence-electron chi connectivity index (χ0n) is 20.0. The molecule has 10 nitrogen and oxygen atoms in total. The number of nitrogens with two attached hydrogens (primary N) is 1. The number of hydrogen-bond donors (Lipinski definition) is 3. The number of aromatic nitrogens is 1. The van der Waals surface area contributed by atoms with E-state index in [9.17, 15) is 19.5 Å². The molecule has 0 saturated carbocycles. The van der Waals surface area contributed by atoms with Gasteiger partial charge in [-0.05, 0) is 31.2 Å². The molecule has 1 saturated heterocycles. The van der Waals surface area contributed by atoms with Crippen LogP contribution in [0.5, 0.6) is 0 Å². The molecule has 2 aliphatic heterocycles. The molecule has 1 unspecified atom stereocenters. The molecule has 2 aliphatic rings. The number of hydrogen-bond acceptors (Lipinski definition) is 7. The number of amides is 2. The maximum absolute atomic E-state index is 15.1. The summed E-state index contributed by atoms with van der Waals surface area (Å²) in [6.45, 7) is 4.38. The Balaban J connectivity index is 0.00000102. The summed E-state index contributed by atoms with van der Waals surface area (Å²) in [5, 5.41) is 12.8. The first-order valence-electron chi connectivity index (χ1n) is 11.5. The lowest BCUT2D eigenvalue weighted by Crippen LogP contribution is -2.49. The fraction of sp³-hybridized carbons (Fsp3) is 0.280. The van der Waals surface area contributed by atoms with E-state index < -0.39 is 17.2 Å². The van der Waals surface area contributed by atoms with E-state index in [0.29, 0.717) is 42.4 Å². The van der Waals surface area contributed by atoms with Crippen LogP contribution >= 0.6 is 11.8 Å². The smallest absolute Gasteiger partial charge is 0.342 e. The summed E-state index contributed by atoms with van der Waals surface area (Å²) < 4.78 is 16.9. The molecule has 4 N–H and O–H groups in total. The monoisotopic (exact) mass is 527 g/mol. The van der Waals surface area contributed by atoms with Crippen LogP contribution in [0, 0.1) is 5.82 Å². The number of halogens is 1. The lowest BCUT2D eigenvalue weighted by molar-refractivity contribution is -0.117. The van der Waals surface area contributed by atoms with Crippen molar-refractivity contribution in [3.63, 3.8) is 0 Å². The van der Waals surface area contributed by atoms with Crippen molar-refractivity contribution in [2.24, 2.45) is 5.73 Å². The molecular formula is C25H26FN5O5S. The SMILES string of the molecule is CC1Sc2c(C(=O)O)c(=O)c3cc(F)c(N4CCN(CC(=O)Nc5ccccc5)CC4)cc3n21.NC=O. The molecule has 37 heavy (non-hydrogen) atoms. The standard InChI is InChI=1S/C24H23FN4O4S.CH3NO/c1-14-29-18-12-19(17(25)11-16(18)22(31)21(24(32)33)23(29)34-14)28-9-7-27(8-10-28)13-20(30)26-15-5-3-2-4-6-15;2-1-3/h2-6,11-12,14H,7-10,13H2,1H3,(H,26,30)(H,32,33);1H,(H2,2,3). The molecule has 5 rings (SSSR count). The average Bonchev–Trinajstić information content (AvgIpc) is 2.85. The summed E-state index contributed by atoms with van der Waals surface area (Å²) >= 11 is 1.32. The molecule has 1 aromatic heterocycles. The Morgan fingerprint density at radius 1 is 1.19 bits per heavy atom. The van der Waals surface area contributed by atoms with Gasteiger partial charge in [-0.3, -0.25) is 19.3 Å². The largest absolute Gasteiger partial charge is 0.477 e. The Kier molecular flexibility index (Phi) is 7.79. The number of carboxylic acids is 1. The van der Waals surface area contributed by atoms with Crippen molar-refractivity contribution in [3.05, 3.63) is 64.1 Å². The number of nitrogens with one attached hydrogen (secondary N) is 1. The molecule has 0 radical (unpaired) electrons. The van der Waals surface area contributed by atoms with Gasteiger partial charge in [0.15, 0.2) is 0 Å². The van der Waals surface area contributed by atoms with E-state index in [1.165, 1.54) is 11.8 Å². The van der Waals surface area contributed by atoms with E-state index in [1.54, 1.807) is 10.6 Å². The maximum Gasteiger partial charge on any atom is 0.342 e. The number of nitrogens with zero attached hydrogens (tertiary/aromatic N) is 3. The number of para-hydroxylation sites is 1. The summed E-state index contributed by atoms with van der Waals surface area (Å²) in [7, 11) is 0. The van der Waals surface area contributed by atoms with Crippen LogP contribution in [0.3, 0.4) is 0 Å². The number of fused-ring (bicyclic) bond motifs is 3. The predicted octanol–water partition coefficient (Wildman–Crippen LogP) is 2.33. The Hall–Kier alpha value is -3.90. The molecule has 3 heterocycles. The number of aromatic carboxylic acids is 1. The Labute approximate surface area is 215 Å². The van der Waals surface area contributed by atoms with Gasteiger partial charge < -0.3 is 25.6 Å². The van der Waals surface area contributed by atoms with Gasteiger partial charge in [0.2, 0.25) is 17.7 Å². The minimum absolute atomic E-state index is 0.0468. The number of rotatable bonds is 5. The average molecular weight is 528 g/mol. The molecule has 12 heteroatoms. The summed E-state index contributed by atoms with van der Waals surface area (Å²) in [4.78, 5) is 49.2. The van der Waals surface area contributed by atoms with E-state index in [2.05, 4.69) is 11.1 Å². The van der Waals surface area contributed by atoms with Crippen molar-refractivity contribution >= 4 is 52.3 Å². The first kappa shape index (κ1) is 26.2. The molecule has 2 aromatic carbocycles. The number of pyridine rings is 1. The molecule has 0 aliphatic carbocycles. The van der Waals surface area contributed by atoms with Crippen LogP contribution in [0.2, 0.25) is 0 Å². The second-order valence-electron chi connectivity index (χ2n) is 8.54. The fourth-order valence-corrected chi connectivity index (χ4v) is 5.69. The van der Waals surface area contributed by atoms with Crippen molar-refractivity contribution < 1.29 is 23.9 Å². The predicted molar refractivity (Wildman–Crippen MR) is 140 cm³/mol. The van der Waals surface area contributed by atoms with E-state index in [0.717, 1.165) is 11.8 Å². The second-order valence-corrected chi connectivity index (χ2v) is 9.84. The van der Waals surface area contributed by atoms with Crippen LogP contribution in [0.25, 0.3) is 10.9 Å². The van der Waals surface area contributed by atoms with Crippen LogP contribution in [0.15, 0.2) is 52.3 Å². The zero-order chi connectivity index (χ0) is 26.7. The highest BCUT2D eigenvalue weighted by Gasteiger charge is 2.33. The highest BCUT2D eigenvalue weighted by atomic mass is 32.2. The molecule has 194 valence electrons. The molecule has 1 fully saturated rings. The van der Waals surface area contributed by atoms with Crippen molar-refractivity contribution in [2.75, 3.05) is 42.9 Å². The Bertz CT molecular complexity index is 1410. The zero-order valence-corrected chi connectivity index (χ0v) is 20.8. The number of anilines is 2. The van der Waals surface area contributed by atoms with Crippen LogP contribution in [-0.2, 0) is 9.59 Å². The third-order valence-electron chi connectivity index (χ3n) is 6.23. The van der Waals surface area contributed by atoms with Gasteiger partial charge in [-0.1, -0.05) is 30.0 Å². The van der Waals surface area contributed by atoms with E-state index in [4.69, 9.17) is 4.79 Å². The summed E-state index contributed by atoms with van der Waals surface area (Å²) in [5.41, 5.74) is 4.87. The van der Waals surface area contributed by atoms with Gasteiger partial charge in [0.25, 0.3) is 0 Å². The van der Waals surface area contributed by atoms with E-state index >= 15 is 4.39 Å². The molecule has 1 atom stereocenters. The summed E-state index contributed by atoms with van der Waals surface area (Å²) in [5.74, 6) is -1.96. The normalized spacial score (nSPS) is 16.7. The first-order chi connectivity index (χ1) is 17.7. The van der Waals surface area contributed by atoms with Crippen LogP contribution < -0.4 is 21.4 Å². The second kappa shape index (κ2) is 11.0. The minimum Gasteiger partial charge on any atom is -0.477 e. The molecular weight excluding hydrogens is 501 g/mol. The number of piperazine rings is 1. The van der Waals surface area contributed by atoms with Gasteiger partial charge in [0.05, 0.1) is 28.1 Å². The fourth-order valence-electron chi connectivity index (χ4n) is 4.54. The maximum atomic E-state index is 15.1. The Morgan fingerprint density at radius 2 is 1.84 bits per heavy atom. The van der Waals surface area contributed by atoms with Gasteiger partial charge in [0, 0.05) is 37.3 Å². The van der Waals surface area contributed by atoms with Crippen LogP contribution in [-0.4, -0.2) is 65.6 Å². The molecule has 3 aromatic rings. The van der Waals surface area contributed by atoms with Crippen molar-refractivity contribution in [2.45, 2.75) is 17.3 Å². The third kappa shape index (κ3) is 5.30. The van der Waals surface area contributed by atoms with Gasteiger partial charge in [0.1, 0.15) is 11.4 Å².